The number of hydrogen-bond donors (Lipinski definition) is 1. The van der Waals surface area contributed by atoms with Crippen LogP contribution < -0.4 is 5.32 Å². The summed E-state index contributed by atoms with van der Waals surface area (Å²) in [5, 5.41) is 13.9. The summed E-state index contributed by atoms with van der Waals surface area (Å²) in [7, 11) is 0. The molecule has 0 unspecified atom stereocenters. The standard InChI is InChI=1S/C22H18N2O3/c25-21(15-14-17-8-7-13-20(16-17)24(26)27)23-22(18-9-3-1-4-10-18)19-11-5-2-6-12-19/h1-16,22H,(H,23,25)/b15-14-. The quantitative estimate of drug-likeness (QED) is 0.400. The predicted octanol–water partition coefficient (Wildman–Crippen LogP) is 4.51. The second kappa shape index (κ2) is 8.58. The van der Waals surface area contributed by atoms with Gasteiger partial charge in [-0.2, -0.15) is 0 Å². The van der Waals surface area contributed by atoms with Crippen LogP contribution in [-0.4, -0.2) is 10.8 Å². The molecule has 0 radical (unpaired) electrons. The van der Waals surface area contributed by atoms with Crippen LogP contribution in [0.4, 0.5) is 5.69 Å². The normalized spacial score (nSPS) is 10.9. The number of hydrogen-bond acceptors (Lipinski definition) is 3. The van der Waals surface area contributed by atoms with E-state index in [1.165, 1.54) is 18.2 Å². The molecule has 0 aliphatic rings. The van der Waals surface area contributed by atoms with Crippen LogP contribution in [-0.2, 0) is 4.79 Å². The van der Waals surface area contributed by atoms with E-state index in [9.17, 15) is 14.9 Å². The molecular weight excluding hydrogens is 340 g/mol. The van der Waals surface area contributed by atoms with E-state index in [4.69, 9.17) is 0 Å². The maximum absolute atomic E-state index is 12.5. The highest BCUT2D eigenvalue weighted by Gasteiger charge is 2.15. The highest BCUT2D eigenvalue weighted by Crippen LogP contribution is 2.22. The fraction of sp³-hybridized carbons (Fsp3) is 0.0455. The third kappa shape index (κ3) is 4.89. The minimum Gasteiger partial charge on any atom is -0.342 e. The lowest BCUT2D eigenvalue weighted by Gasteiger charge is -2.19. The molecule has 0 aliphatic heterocycles. The molecule has 3 aromatic rings. The largest absolute Gasteiger partial charge is 0.342 e. The average Bonchev–Trinajstić information content (AvgIpc) is 2.72. The summed E-state index contributed by atoms with van der Waals surface area (Å²) in [5.74, 6) is -0.279. The Bertz CT molecular complexity index is 914. The fourth-order valence-corrected chi connectivity index (χ4v) is 2.75. The molecule has 3 rings (SSSR count). The first-order chi connectivity index (χ1) is 13.1. The second-order valence-corrected chi connectivity index (χ2v) is 5.95. The summed E-state index contributed by atoms with van der Waals surface area (Å²) in [6, 6.07) is 25.3. The van der Waals surface area contributed by atoms with Gasteiger partial charge in [-0.1, -0.05) is 72.8 Å². The van der Waals surface area contributed by atoms with Crippen molar-refractivity contribution < 1.29 is 9.72 Å². The molecule has 5 nitrogen and oxygen atoms in total. The van der Waals surface area contributed by atoms with Gasteiger partial charge in [0.15, 0.2) is 0 Å². The molecule has 0 heterocycles. The van der Waals surface area contributed by atoms with Crippen LogP contribution >= 0.6 is 0 Å². The molecule has 0 aliphatic carbocycles. The van der Waals surface area contributed by atoms with Gasteiger partial charge in [-0.15, -0.1) is 0 Å². The number of carbonyl (C=O) groups excluding carboxylic acids is 1. The van der Waals surface area contributed by atoms with E-state index in [1.54, 1.807) is 18.2 Å². The predicted molar refractivity (Wildman–Crippen MR) is 105 cm³/mol. The summed E-state index contributed by atoms with van der Waals surface area (Å²) >= 11 is 0. The maximum Gasteiger partial charge on any atom is 0.270 e. The van der Waals surface area contributed by atoms with E-state index in [1.807, 2.05) is 60.7 Å². The van der Waals surface area contributed by atoms with Gasteiger partial charge in [0, 0.05) is 18.2 Å². The molecule has 1 N–H and O–H groups in total. The van der Waals surface area contributed by atoms with Crippen LogP contribution in [0.2, 0.25) is 0 Å². The average molecular weight is 358 g/mol. The number of rotatable bonds is 6. The highest BCUT2D eigenvalue weighted by atomic mass is 16.6. The van der Waals surface area contributed by atoms with E-state index in [0.29, 0.717) is 5.56 Å². The SMILES string of the molecule is O=C(/C=C\c1cccc([N+](=O)[O-])c1)NC(c1ccccc1)c1ccccc1. The van der Waals surface area contributed by atoms with Gasteiger partial charge >= 0.3 is 0 Å². The number of nitrogens with zero attached hydrogens (tertiary/aromatic N) is 1. The molecule has 5 heteroatoms. The maximum atomic E-state index is 12.5. The Kier molecular flexibility index (Phi) is 5.74. The van der Waals surface area contributed by atoms with Crippen LogP contribution in [0.1, 0.15) is 22.7 Å². The third-order valence-electron chi connectivity index (χ3n) is 4.06. The lowest BCUT2D eigenvalue weighted by atomic mass is 9.98. The van der Waals surface area contributed by atoms with E-state index in [0.717, 1.165) is 11.1 Å². The van der Waals surface area contributed by atoms with Gasteiger partial charge in [-0.25, -0.2) is 0 Å². The van der Waals surface area contributed by atoms with Gasteiger partial charge in [0.25, 0.3) is 5.69 Å². The monoisotopic (exact) mass is 358 g/mol. The molecule has 1 amide bonds. The first-order valence-corrected chi connectivity index (χ1v) is 8.46. The summed E-state index contributed by atoms with van der Waals surface area (Å²) in [4.78, 5) is 22.9. The Hall–Kier alpha value is -3.73. The van der Waals surface area contributed by atoms with Crippen molar-refractivity contribution in [3.8, 4) is 0 Å². The lowest BCUT2D eigenvalue weighted by molar-refractivity contribution is -0.384. The first kappa shape index (κ1) is 18.1. The van der Waals surface area contributed by atoms with Crippen LogP contribution in [0.15, 0.2) is 91.0 Å². The van der Waals surface area contributed by atoms with Crippen molar-refractivity contribution in [2.24, 2.45) is 0 Å². The zero-order chi connectivity index (χ0) is 19.1. The highest BCUT2D eigenvalue weighted by molar-refractivity contribution is 5.92. The second-order valence-electron chi connectivity index (χ2n) is 5.95. The van der Waals surface area contributed by atoms with Gasteiger partial charge < -0.3 is 5.32 Å². The van der Waals surface area contributed by atoms with Crippen LogP contribution in [0, 0.1) is 10.1 Å². The summed E-state index contributed by atoms with van der Waals surface area (Å²) in [6.45, 7) is 0. The molecule has 0 saturated carbocycles. The Morgan fingerprint density at radius 2 is 1.48 bits per heavy atom. The minimum absolute atomic E-state index is 0.0102. The molecule has 27 heavy (non-hydrogen) atoms. The Balaban J connectivity index is 1.79. The Labute approximate surface area is 157 Å². The molecule has 3 aromatic carbocycles. The number of carbonyl (C=O) groups is 1. The summed E-state index contributed by atoms with van der Waals surface area (Å²) < 4.78 is 0. The van der Waals surface area contributed by atoms with Crippen molar-refractivity contribution in [1.29, 1.82) is 0 Å². The van der Waals surface area contributed by atoms with E-state index in [2.05, 4.69) is 5.32 Å². The zero-order valence-corrected chi connectivity index (χ0v) is 14.5. The number of non-ortho nitro benzene ring substituents is 1. The minimum atomic E-state index is -0.460. The Morgan fingerprint density at radius 1 is 0.889 bits per heavy atom. The first-order valence-electron chi connectivity index (χ1n) is 8.46. The van der Waals surface area contributed by atoms with Gasteiger partial charge in [0.1, 0.15) is 0 Å². The summed E-state index contributed by atoms with van der Waals surface area (Å²) in [6.07, 6.45) is 2.95. The zero-order valence-electron chi connectivity index (χ0n) is 14.5. The number of amides is 1. The number of benzene rings is 3. The number of nitro groups is 1. The van der Waals surface area contributed by atoms with Gasteiger partial charge in [0.2, 0.25) is 5.91 Å². The van der Waals surface area contributed by atoms with E-state index >= 15 is 0 Å². The van der Waals surface area contributed by atoms with Crippen molar-refractivity contribution in [3.63, 3.8) is 0 Å². The van der Waals surface area contributed by atoms with Crippen LogP contribution in [0.3, 0.4) is 0 Å². The topological polar surface area (TPSA) is 72.2 Å². The molecule has 0 saturated heterocycles. The van der Waals surface area contributed by atoms with Gasteiger partial charge in [-0.05, 0) is 22.8 Å². The Morgan fingerprint density at radius 3 is 2.04 bits per heavy atom. The van der Waals surface area contributed by atoms with Crippen molar-refractivity contribution in [3.05, 3.63) is 118 Å². The van der Waals surface area contributed by atoms with Crippen molar-refractivity contribution in [2.75, 3.05) is 0 Å². The number of nitrogens with one attached hydrogen (secondary N) is 1. The van der Waals surface area contributed by atoms with Crippen LogP contribution in [0.5, 0.6) is 0 Å². The molecule has 134 valence electrons. The summed E-state index contributed by atoms with van der Waals surface area (Å²) in [5.41, 5.74) is 2.53. The van der Waals surface area contributed by atoms with E-state index in [-0.39, 0.29) is 17.6 Å². The smallest absolute Gasteiger partial charge is 0.270 e. The van der Waals surface area contributed by atoms with E-state index < -0.39 is 4.92 Å². The van der Waals surface area contributed by atoms with Gasteiger partial charge in [0.05, 0.1) is 11.0 Å². The molecule has 0 atom stereocenters. The fourth-order valence-electron chi connectivity index (χ4n) is 2.75. The molecule has 0 bridgehead atoms. The molecule has 0 spiro atoms. The number of nitro benzene ring substituents is 1. The van der Waals surface area contributed by atoms with Crippen LogP contribution in [0.25, 0.3) is 6.08 Å². The van der Waals surface area contributed by atoms with Crippen molar-refractivity contribution in [1.82, 2.24) is 5.32 Å². The lowest BCUT2D eigenvalue weighted by Crippen LogP contribution is -2.27. The van der Waals surface area contributed by atoms with Crippen molar-refractivity contribution >= 4 is 17.7 Å². The molecule has 0 aromatic heterocycles. The van der Waals surface area contributed by atoms with Crippen molar-refractivity contribution in [2.45, 2.75) is 6.04 Å². The third-order valence-corrected chi connectivity index (χ3v) is 4.06. The molecule has 0 fully saturated rings. The molecular formula is C22H18N2O3. The van der Waals surface area contributed by atoms with Gasteiger partial charge in [-0.3, -0.25) is 14.9 Å².